The number of aromatic nitrogens is 3. The van der Waals surface area contributed by atoms with Gasteiger partial charge >= 0.3 is 5.97 Å². The summed E-state index contributed by atoms with van der Waals surface area (Å²) in [7, 11) is -2.89. The number of carboxylic acid groups (broad SMARTS) is 1. The molecule has 0 unspecified atom stereocenters. The minimum atomic E-state index is -2.89. The first kappa shape index (κ1) is 24.9. The molecular formula is C30H26N4O4S. The van der Waals surface area contributed by atoms with Gasteiger partial charge in [-0.2, -0.15) is 0 Å². The van der Waals surface area contributed by atoms with E-state index in [0.717, 1.165) is 46.2 Å². The summed E-state index contributed by atoms with van der Waals surface area (Å²) in [6.45, 7) is 2.62. The number of aromatic carboxylic acids is 1. The third kappa shape index (κ3) is 5.17. The molecule has 0 amide bonds. The first-order valence-corrected chi connectivity index (χ1v) is 14.5. The van der Waals surface area contributed by atoms with Crippen LogP contribution >= 0.6 is 0 Å². The SMILES string of the molecule is O=C(O)c1cccc(C#Cc2cnc3c(ccn3CCN3CCS(=O)(=O)CC3)c2)c1-c1ccc2cc[nH]c2c1. The lowest BCUT2D eigenvalue weighted by Crippen LogP contribution is -2.41. The molecule has 6 rings (SSSR count). The van der Waals surface area contributed by atoms with E-state index >= 15 is 0 Å². The van der Waals surface area contributed by atoms with E-state index in [1.54, 1.807) is 18.3 Å². The second-order valence-electron chi connectivity index (χ2n) is 9.70. The number of sulfone groups is 1. The maximum Gasteiger partial charge on any atom is 0.336 e. The Balaban J connectivity index is 1.27. The molecule has 196 valence electrons. The second-order valence-corrected chi connectivity index (χ2v) is 12.0. The van der Waals surface area contributed by atoms with E-state index in [9.17, 15) is 18.3 Å². The van der Waals surface area contributed by atoms with Crippen LogP contribution in [0.25, 0.3) is 33.1 Å². The quantitative estimate of drug-likeness (QED) is 0.328. The lowest BCUT2D eigenvalue weighted by Gasteiger charge is -2.26. The molecule has 1 fully saturated rings. The van der Waals surface area contributed by atoms with Crippen molar-refractivity contribution in [3.63, 3.8) is 0 Å². The van der Waals surface area contributed by atoms with Gasteiger partial charge in [0.1, 0.15) is 5.65 Å². The van der Waals surface area contributed by atoms with E-state index in [0.29, 0.717) is 24.2 Å². The van der Waals surface area contributed by atoms with Gasteiger partial charge < -0.3 is 14.7 Å². The molecule has 0 aliphatic carbocycles. The highest BCUT2D eigenvalue weighted by atomic mass is 32.2. The summed E-state index contributed by atoms with van der Waals surface area (Å²) in [6, 6.07) is 16.9. The molecule has 0 bridgehead atoms. The number of nitrogens with zero attached hydrogens (tertiary/aromatic N) is 3. The first-order valence-electron chi connectivity index (χ1n) is 12.7. The molecule has 8 nitrogen and oxygen atoms in total. The minimum absolute atomic E-state index is 0.199. The normalized spacial score (nSPS) is 15.3. The van der Waals surface area contributed by atoms with Crippen molar-refractivity contribution in [3.05, 3.63) is 89.9 Å². The summed E-state index contributed by atoms with van der Waals surface area (Å²) in [5, 5.41) is 11.9. The maximum absolute atomic E-state index is 12.1. The zero-order valence-electron chi connectivity index (χ0n) is 21.1. The molecule has 9 heteroatoms. The highest BCUT2D eigenvalue weighted by molar-refractivity contribution is 7.91. The Kier molecular flexibility index (Phi) is 6.43. The number of pyridine rings is 1. The van der Waals surface area contributed by atoms with Crippen LogP contribution in [0.5, 0.6) is 0 Å². The number of nitrogens with one attached hydrogen (secondary N) is 1. The van der Waals surface area contributed by atoms with Crippen LogP contribution in [0, 0.1) is 11.8 Å². The highest BCUT2D eigenvalue weighted by Crippen LogP contribution is 2.30. The molecule has 3 aromatic heterocycles. The number of carbonyl (C=O) groups is 1. The summed E-state index contributed by atoms with van der Waals surface area (Å²) >= 11 is 0. The number of benzene rings is 2. The lowest BCUT2D eigenvalue weighted by atomic mass is 9.93. The van der Waals surface area contributed by atoms with Crippen LogP contribution in [0.2, 0.25) is 0 Å². The van der Waals surface area contributed by atoms with Gasteiger partial charge in [-0.15, -0.1) is 0 Å². The predicted octanol–water partition coefficient (Wildman–Crippen LogP) is 4.01. The fourth-order valence-corrected chi connectivity index (χ4v) is 6.32. The topological polar surface area (TPSA) is 108 Å². The van der Waals surface area contributed by atoms with E-state index < -0.39 is 15.8 Å². The van der Waals surface area contributed by atoms with E-state index in [2.05, 4.69) is 31.3 Å². The zero-order valence-corrected chi connectivity index (χ0v) is 21.9. The molecule has 39 heavy (non-hydrogen) atoms. The van der Waals surface area contributed by atoms with Crippen LogP contribution in [0.1, 0.15) is 21.5 Å². The van der Waals surface area contributed by atoms with Crippen LogP contribution < -0.4 is 0 Å². The average Bonchev–Trinajstić information content (AvgIpc) is 3.57. The minimum Gasteiger partial charge on any atom is -0.478 e. The van der Waals surface area contributed by atoms with E-state index in [1.165, 1.54) is 0 Å². The van der Waals surface area contributed by atoms with Gasteiger partial charge in [0.25, 0.3) is 0 Å². The van der Waals surface area contributed by atoms with Crippen LogP contribution in [0.15, 0.2) is 73.2 Å². The standard InChI is InChI=1S/C30H26N4O4S/c35-30(36)26-3-1-2-23(28(26)24-7-6-22-8-10-31-27(22)19-24)5-4-21-18-25-9-11-34(29(25)32-20-21)13-12-33-14-16-39(37,38)17-15-33/h1-3,6-11,18-20,31H,12-17H2,(H,35,36). The Bertz CT molecular complexity index is 1880. The number of hydrogen-bond donors (Lipinski definition) is 2. The number of hydrogen-bond acceptors (Lipinski definition) is 5. The molecular weight excluding hydrogens is 512 g/mol. The van der Waals surface area contributed by atoms with Gasteiger partial charge in [0.15, 0.2) is 9.84 Å². The molecule has 1 saturated heterocycles. The van der Waals surface area contributed by atoms with Gasteiger partial charge in [-0.3, -0.25) is 4.90 Å². The van der Waals surface area contributed by atoms with E-state index in [-0.39, 0.29) is 17.1 Å². The molecule has 5 aromatic rings. The summed E-state index contributed by atoms with van der Waals surface area (Å²) in [4.78, 5) is 22.1. The third-order valence-corrected chi connectivity index (χ3v) is 8.78. The first-order chi connectivity index (χ1) is 18.9. The van der Waals surface area contributed by atoms with Crippen molar-refractivity contribution >= 4 is 37.7 Å². The highest BCUT2D eigenvalue weighted by Gasteiger charge is 2.21. The fraction of sp³-hybridized carbons (Fsp3) is 0.200. The molecule has 0 atom stereocenters. The zero-order chi connectivity index (χ0) is 27.0. The van der Waals surface area contributed by atoms with Gasteiger partial charge in [0.2, 0.25) is 0 Å². The molecule has 0 saturated carbocycles. The van der Waals surface area contributed by atoms with Gasteiger partial charge in [0, 0.05) is 72.4 Å². The Morgan fingerprint density at radius 3 is 2.67 bits per heavy atom. The second kappa shape index (κ2) is 10.1. The number of fused-ring (bicyclic) bond motifs is 2. The number of H-pyrrole nitrogens is 1. The predicted molar refractivity (Wildman–Crippen MR) is 152 cm³/mol. The largest absolute Gasteiger partial charge is 0.478 e. The number of carboxylic acids is 1. The molecule has 1 aliphatic rings. The van der Waals surface area contributed by atoms with Crippen molar-refractivity contribution in [2.45, 2.75) is 6.54 Å². The van der Waals surface area contributed by atoms with Crippen molar-refractivity contribution in [1.82, 2.24) is 19.4 Å². The third-order valence-electron chi connectivity index (χ3n) is 7.18. The van der Waals surface area contributed by atoms with Crippen LogP contribution in [0.3, 0.4) is 0 Å². The summed E-state index contributed by atoms with van der Waals surface area (Å²) in [5.74, 6) is 5.80. The Hall–Kier alpha value is -4.39. The number of aromatic amines is 1. The smallest absolute Gasteiger partial charge is 0.336 e. The van der Waals surface area contributed by atoms with Gasteiger partial charge in [-0.05, 0) is 47.3 Å². The van der Waals surface area contributed by atoms with Gasteiger partial charge in [-0.1, -0.05) is 30.0 Å². The van der Waals surface area contributed by atoms with E-state index in [1.807, 2.05) is 54.9 Å². The Morgan fingerprint density at radius 2 is 1.85 bits per heavy atom. The van der Waals surface area contributed by atoms with Gasteiger partial charge in [0.05, 0.1) is 17.1 Å². The Morgan fingerprint density at radius 1 is 1.00 bits per heavy atom. The average molecular weight is 539 g/mol. The van der Waals surface area contributed by atoms with Crippen molar-refractivity contribution < 1.29 is 18.3 Å². The fourth-order valence-electron chi connectivity index (χ4n) is 5.04. The van der Waals surface area contributed by atoms with Crippen LogP contribution in [-0.2, 0) is 16.4 Å². The summed E-state index contributed by atoms with van der Waals surface area (Å²) in [6.07, 6.45) is 5.57. The lowest BCUT2D eigenvalue weighted by molar-refractivity contribution is 0.0697. The molecule has 2 aromatic carbocycles. The van der Waals surface area contributed by atoms with Crippen molar-refractivity contribution in [1.29, 1.82) is 0 Å². The molecule has 2 N–H and O–H groups in total. The number of rotatable bonds is 5. The molecule has 1 aliphatic heterocycles. The maximum atomic E-state index is 12.1. The molecule has 4 heterocycles. The monoisotopic (exact) mass is 538 g/mol. The molecule has 0 spiro atoms. The van der Waals surface area contributed by atoms with Crippen molar-refractivity contribution in [2.24, 2.45) is 0 Å². The van der Waals surface area contributed by atoms with Crippen LogP contribution in [0.4, 0.5) is 0 Å². The van der Waals surface area contributed by atoms with Crippen LogP contribution in [-0.4, -0.2) is 70.1 Å². The van der Waals surface area contributed by atoms with E-state index in [4.69, 9.17) is 0 Å². The van der Waals surface area contributed by atoms with Crippen molar-refractivity contribution in [2.75, 3.05) is 31.1 Å². The summed E-state index contributed by atoms with van der Waals surface area (Å²) < 4.78 is 25.4. The Labute approximate surface area is 225 Å². The summed E-state index contributed by atoms with van der Waals surface area (Å²) in [5.41, 5.74) is 4.69. The van der Waals surface area contributed by atoms with Crippen molar-refractivity contribution in [3.8, 4) is 23.0 Å². The molecule has 0 radical (unpaired) electrons. The van der Waals surface area contributed by atoms with Gasteiger partial charge in [-0.25, -0.2) is 18.2 Å².